The Morgan fingerprint density at radius 3 is 2.75 bits per heavy atom. The second kappa shape index (κ2) is 10.2. The fourth-order valence-corrected chi connectivity index (χ4v) is 4.38. The number of carbonyl (C=O) groups is 2. The lowest BCUT2D eigenvalue weighted by atomic mass is 10.1. The standard InChI is InChI=1S/C20H25N3O3S2/c1-15-3-5-16(6-4-15)13-17-19(25)23(20(27)28-17)14-18(24)21-7-2-8-22-9-11-26-12-10-22/h3-6,13H,2,7-12,14H2,1H3,(H,21,24)/p+1/b17-13-. The van der Waals surface area contributed by atoms with E-state index in [1.54, 1.807) is 0 Å². The van der Waals surface area contributed by atoms with Crippen LogP contribution in [0, 0.1) is 6.92 Å². The molecule has 0 saturated carbocycles. The van der Waals surface area contributed by atoms with Crippen LogP contribution >= 0.6 is 24.0 Å². The molecule has 0 bridgehead atoms. The van der Waals surface area contributed by atoms with E-state index in [0.717, 1.165) is 50.4 Å². The first-order chi connectivity index (χ1) is 13.5. The van der Waals surface area contributed by atoms with Gasteiger partial charge in [0.25, 0.3) is 5.91 Å². The van der Waals surface area contributed by atoms with Gasteiger partial charge < -0.3 is 15.0 Å². The van der Waals surface area contributed by atoms with E-state index in [1.165, 1.54) is 21.6 Å². The summed E-state index contributed by atoms with van der Waals surface area (Å²) in [5.41, 5.74) is 2.11. The molecule has 0 atom stereocenters. The first kappa shape index (κ1) is 21.0. The van der Waals surface area contributed by atoms with Crippen LogP contribution in [0.5, 0.6) is 0 Å². The number of aryl methyl sites for hydroxylation is 1. The molecule has 0 spiro atoms. The molecule has 0 unspecified atom stereocenters. The molecule has 2 aliphatic rings. The van der Waals surface area contributed by atoms with Gasteiger partial charge in [-0.3, -0.25) is 14.5 Å². The number of thiocarbonyl (C=S) groups is 1. The van der Waals surface area contributed by atoms with Crippen molar-refractivity contribution in [2.24, 2.45) is 0 Å². The van der Waals surface area contributed by atoms with Crippen molar-refractivity contribution in [1.29, 1.82) is 0 Å². The molecule has 3 rings (SSSR count). The van der Waals surface area contributed by atoms with Gasteiger partial charge in [0.05, 0.1) is 24.7 Å². The molecule has 2 N–H and O–H groups in total. The summed E-state index contributed by atoms with van der Waals surface area (Å²) in [6.45, 7) is 7.29. The molecule has 6 nitrogen and oxygen atoms in total. The summed E-state index contributed by atoms with van der Waals surface area (Å²) in [7, 11) is 0. The predicted octanol–water partition coefficient (Wildman–Crippen LogP) is 0.618. The summed E-state index contributed by atoms with van der Waals surface area (Å²) >= 11 is 6.55. The highest BCUT2D eigenvalue weighted by Gasteiger charge is 2.33. The average Bonchev–Trinajstić information content (AvgIpc) is 2.95. The number of quaternary nitrogens is 1. The Morgan fingerprint density at radius 2 is 2.04 bits per heavy atom. The number of benzene rings is 1. The van der Waals surface area contributed by atoms with Crippen LogP contribution in [0.1, 0.15) is 17.5 Å². The molecule has 0 aromatic heterocycles. The lowest BCUT2D eigenvalue weighted by Crippen LogP contribution is -3.14. The van der Waals surface area contributed by atoms with Gasteiger partial charge in [0.15, 0.2) is 0 Å². The normalized spacial score (nSPS) is 19.5. The molecule has 0 radical (unpaired) electrons. The number of hydrogen-bond donors (Lipinski definition) is 2. The van der Waals surface area contributed by atoms with Crippen molar-refractivity contribution in [3.05, 3.63) is 40.3 Å². The van der Waals surface area contributed by atoms with Crippen LogP contribution < -0.4 is 10.2 Å². The van der Waals surface area contributed by atoms with Gasteiger partial charge in [-0.05, 0) is 18.6 Å². The SMILES string of the molecule is Cc1ccc(/C=C2\SC(=S)N(CC(=O)NCCC[NH+]3CCOCC3)C2=O)cc1. The van der Waals surface area contributed by atoms with Gasteiger partial charge in [-0.25, -0.2) is 0 Å². The number of thioether (sulfide) groups is 1. The van der Waals surface area contributed by atoms with E-state index >= 15 is 0 Å². The number of ether oxygens (including phenoxy) is 1. The van der Waals surface area contributed by atoms with E-state index in [1.807, 2.05) is 37.3 Å². The molecule has 0 aliphatic carbocycles. The number of carbonyl (C=O) groups excluding carboxylic acids is 2. The Morgan fingerprint density at radius 1 is 1.32 bits per heavy atom. The fourth-order valence-electron chi connectivity index (χ4n) is 3.13. The molecule has 150 valence electrons. The van der Waals surface area contributed by atoms with E-state index in [9.17, 15) is 9.59 Å². The Kier molecular flexibility index (Phi) is 7.61. The fraction of sp³-hybridized carbons (Fsp3) is 0.450. The van der Waals surface area contributed by atoms with E-state index in [4.69, 9.17) is 17.0 Å². The highest BCUT2D eigenvalue weighted by molar-refractivity contribution is 8.26. The molecule has 28 heavy (non-hydrogen) atoms. The van der Waals surface area contributed by atoms with Gasteiger partial charge in [0.1, 0.15) is 24.0 Å². The van der Waals surface area contributed by atoms with E-state index < -0.39 is 0 Å². The van der Waals surface area contributed by atoms with Crippen LogP contribution in [0.25, 0.3) is 6.08 Å². The molecule has 8 heteroatoms. The summed E-state index contributed by atoms with van der Waals surface area (Å²) in [6.07, 6.45) is 2.73. The summed E-state index contributed by atoms with van der Waals surface area (Å²) in [5.74, 6) is -0.381. The van der Waals surface area contributed by atoms with Crippen molar-refractivity contribution < 1.29 is 19.2 Å². The lowest BCUT2D eigenvalue weighted by molar-refractivity contribution is -0.908. The van der Waals surface area contributed by atoms with Gasteiger partial charge in [0, 0.05) is 13.0 Å². The van der Waals surface area contributed by atoms with Gasteiger partial charge in [-0.15, -0.1) is 0 Å². The number of amides is 2. The summed E-state index contributed by atoms with van der Waals surface area (Å²) in [6, 6.07) is 7.92. The molecular weight excluding hydrogens is 394 g/mol. The Labute approximate surface area is 175 Å². The molecule has 2 heterocycles. The smallest absolute Gasteiger partial charge is 0.266 e. The second-order valence-corrected chi connectivity index (χ2v) is 8.67. The first-order valence-electron chi connectivity index (χ1n) is 9.53. The first-order valence-corrected chi connectivity index (χ1v) is 10.8. The topological polar surface area (TPSA) is 63.1 Å². The van der Waals surface area contributed by atoms with Crippen molar-refractivity contribution in [2.75, 3.05) is 45.9 Å². The second-order valence-electron chi connectivity index (χ2n) is 6.99. The highest BCUT2D eigenvalue weighted by atomic mass is 32.2. The number of nitrogens with one attached hydrogen (secondary N) is 2. The van der Waals surface area contributed by atoms with Crippen molar-refractivity contribution >= 4 is 46.2 Å². The van der Waals surface area contributed by atoms with Crippen molar-refractivity contribution in [3.63, 3.8) is 0 Å². The monoisotopic (exact) mass is 420 g/mol. The van der Waals surface area contributed by atoms with Crippen LogP contribution in [0.15, 0.2) is 29.2 Å². The van der Waals surface area contributed by atoms with Crippen molar-refractivity contribution in [2.45, 2.75) is 13.3 Å². The molecule has 2 fully saturated rings. The average molecular weight is 421 g/mol. The minimum Gasteiger partial charge on any atom is -0.370 e. The van der Waals surface area contributed by atoms with Crippen LogP contribution in [0.2, 0.25) is 0 Å². The van der Waals surface area contributed by atoms with Crippen LogP contribution in [-0.4, -0.2) is 67.0 Å². The van der Waals surface area contributed by atoms with E-state index in [2.05, 4.69) is 5.32 Å². The predicted molar refractivity (Wildman–Crippen MR) is 115 cm³/mol. The summed E-state index contributed by atoms with van der Waals surface area (Å²) in [4.78, 5) is 28.3. The number of rotatable bonds is 7. The minimum atomic E-state index is -0.205. The third-order valence-electron chi connectivity index (χ3n) is 4.78. The van der Waals surface area contributed by atoms with Gasteiger partial charge in [-0.1, -0.05) is 53.8 Å². The maximum absolute atomic E-state index is 12.6. The van der Waals surface area contributed by atoms with Crippen LogP contribution in [0.3, 0.4) is 0 Å². The maximum Gasteiger partial charge on any atom is 0.266 e. The van der Waals surface area contributed by atoms with Crippen LogP contribution in [-0.2, 0) is 14.3 Å². The van der Waals surface area contributed by atoms with E-state index in [-0.39, 0.29) is 18.4 Å². The Bertz CT molecular complexity index is 758. The van der Waals surface area contributed by atoms with Crippen molar-refractivity contribution in [3.8, 4) is 0 Å². The molecule has 1 aromatic rings. The lowest BCUT2D eigenvalue weighted by Gasteiger charge is -2.23. The van der Waals surface area contributed by atoms with Gasteiger partial charge in [0.2, 0.25) is 5.91 Å². The van der Waals surface area contributed by atoms with Crippen molar-refractivity contribution in [1.82, 2.24) is 10.2 Å². The molecular formula is C20H26N3O3S2+. The summed E-state index contributed by atoms with van der Waals surface area (Å²) in [5, 5.41) is 2.90. The quantitative estimate of drug-likeness (QED) is 0.385. The third kappa shape index (κ3) is 5.88. The number of hydrogen-bond acceptors (Lipinski definition) is 5. The molecule has 2 saturated heterocycles. The Balaban J connectivity index is 1.45. The molecule has 2 aliphatic heterocycles. The van der Waals surface area contributed by atoms with E-state index in [0.29, 0.717) is 15.8 Å². The molecule has 2 amide bonds. The van der Waals surface area contributed by atoms with Gasteiger partial charge in [-0.2, -0.15) is 0 Å². The molecule has 1 aromatic carbocycles. The highest BCUT2D eigenvalue weighted by Crippen LogP contribution is 2.32. The Hall–Kier alpha value is -1.74. The number of nitrogens with zero attached hydrogens (tertiary/aromatic N) is 1. The third-order valence-corrected chi connectivity index (χ3v) is 6.16. The number of morpholine rings is 1. The minimum absolute atomic E-state index is 0.0275. The zero-order valence-electron chi connectivity index (χ0n) is 16.0. The van der Waals surface area contributed by atoms with Crippen LogP contribution in [0.4, 0.5) is 0 Å². The largest absolute Gasteiger partial charge is 0.370 e. The maximum atomic E-state index is 12.6. The summed E-state index contributed by atoms with van der Waals surface area (Å²) < 4.78 is 5.77. The van der Waals surface area contributed by atoms with Gasteiger partial charge >= 0.3 is 0 Å². The zero-order chi connectivity index (χ0) is 19.9. The zero-order valence-corrected chi connectivity index (χ0v) is 17.7.